The highest BCUT2D eigenvalue weighted by Crippen LogP contribution is 2.34. The third kappa shape index (κ3) is 2.86. The molecule has 0 radical (unpaired) electrons. The van der Waals surface area contributed by atoms with Crippen molar-refractivity contribution in [3.63, 3.8) is 0 Å². The van der Waals surface area contributed by atoms with E-state index in [0.717, 1.165) is 18.8 Å². The van der Waals surface area contributed by atoms with Crippen LogP contribution in [0.3, 0.4) is 0 Å². The molecule has 1 aliphatic heterocycles. The van der Waals surface area contributed by atoms with Crippen LogP contribution in [0.4, 0.5) is 5.69 Å². The Morgan fingerprint density at radius 3 is 2.83 bits per heavy atom. The Morgan fingerprint density at radius 2 is 2.00 bits per heavy atom. The molecule has 1 aliphatic carbocycles. The maximum Gasteiger partial charge on any atom is 0.107 e. The average molecular weight is 311 g/mol. The predicted octanol–water partition coefficient (Wildman–Crippen LogP) is 4.85. The van der Waals surface area contributed by atoms with E-state index in [4.69, 9.17) is 4.98 Å². The molecule has 1 saturated carbocycles. The van der Waals surface area contributed by atoms with Crippen molar-refractivity contribution in [2.45, 2.75) is 70.8 Å². The second-order valence-electron chi connectivity index (χ2n) is 7.68. The van der Waals surface area contributed by atoms with Crippen molar-refractivity contribution in [1.29, 1.82) is 0 Å². The van der Waals surface area contributed by atoms with E-state index in [1.807, 2.05) is 0 Å². The van der Waals surface area contributed by atoms with E-state index in [2.05, 4.69) is 36.0 Å². The summed E-state index contributed by atoms with van der Waals surface area (Å²) in [6.07, 6.45) is 12.0. The predicted molar refractivity (Wildman–Crippen MR) is 97.2 cm³/mol. The highest BCUT2D eigenvalue weighted by molar-refractivity contribution is 5.85. The lowest BCUT2D eigenvalue weighted by Gasteiger charge is -2.33. The molecule has 0 spiro atoms. The number of aromatic nitrogens is 2. The topological polar surface area (TPSA) is 31.9 Å². The molecule has 0 amide bonds. The SMILES string of the molecule is C[C@H]1CCc2c(ccc3[nH]c(CCC4CCCCC4)nc23)N1C. The lowest BCUT2D eigenvalue weighted by atomic mass is 9.86. The van der Waals surface area contributed by atoms with Crippen LogP contribution in [0.5, 0.6) is 0 Å². The molecule has 0 bridgehead atoms. The van der Waals surface area contributed by atoms with Crippen molar-refractivity contribution < 1.29 is 0 Å². The van der Waals surface area contributed by atoms with Gasteiger partial charge in [0.25, 0.3) is 0 Å². The third-order valence-corrected chi connectivity index (χ3v) is 6.15. The van der Waals surface area contributed by atoms with Gasteiger partial charge in [-0.25, -0.2) is 4.98 Å². The number of H-pyrrole nitrogens is 1. The van der Waals surface area contributed by atoms with Crippen molar-refractivity contribution in [2.24, 2.45) is 5.92 Å². The summed E-state index contributed by atoms with van der Waals surface area (Å²) < 4.78 is 0. The number of imidazole rings is 1. The molecule has 1 aromatic carbocycles. The second-order valence-corrected chi connectivity index (χ2v) is 7.68. The molecule has 2 aromatic rings. The number of nitrogens with one attached hydrogen (secondary N) is 1. The Morgan fingerprint density at radius 1 is 1.17 bits per heavy atom. The molecular weight excluding hydrogens is 282 g/mol. The van der Waals surface area contributed by atoms with Gasteiger partial charge in [0, 0.05) is 30.8 Å². The van der Waals surface area contributed by atoms with Gasteiger partial charge in [-0.3, -0.25) is 0 Å². The van der Waals surface area contributed by atoms with Gasteiger partial charge in [-0.05, 0) is 44.2 Å². The summed E-state index contributed by atoms with van der Waals surface area (Å²) in [7, 11) is 2.21. The number of hydrogen-bond acceptors (Lipinski definition) is 2. The summed E-state index contributed by atoms with van der Waals surface area (Å²) >= 11 is 0. The summed E-state index contributed by atoms with van der Waals surface area (Å²) in [5, 5.41) is 0. The summed E-state index contributed by atoms with van der Waals surface area (Å²) in [5.41, 5.74) is 5.27. The summed E-state index contributed by atoms with van der Waals surface area (Å²) in [5.74, 6) is 2.12. The second kappa shape index (κ2) is 6.18. The molecule has 1 N–H and O–H groups in total. The smallest absolute Gasteiger partial charge is 0.107 e. The first-order chi connectivity index (χ1) is 11.2. The van der Waals surface area contributed by atoms with Crippen molar-refractivity contribution in [1.82, 2.24) is 9.97 Å². The van der Waals surface area contributed by atoms with Crippen LogP contribution in [0.1, 0.15) is 63.3 Å². The van der Waals surface area contributed by atoms with E-state index < -0.39 is 0 Å². The molecule has 3 nitrogen and oxygen atoms in total. The highest BCUT2D eigenvalue weighted by atomic mass is 15.1. The third-order valence-electron chi connectivity index (χ3n) is 6.15. The number of anilines is 1. The van der Waals surface area contributed by atoms with E-state index in [0.29, 0.717) is 6.04 Å². The summed E-state index contributed by atoms with van der Waals surface area (Å²) in [4.78, 5) is 11.0. The minimum atomic E-state index is 0.629. The number of aromatic amines is 1. The number of rotatable bonds is 3. The first-order valence-corrected chi connectivity index (χ1v) is 9.45. The molecule has 0 unspecified atom stereocenters. The maximum absolute atomic E-state index is 4.99. The molecule has 1 fully saturated rings. The summed E-state index contributed by atoms with van der Waals surface area (Å²) in [6.45, 7) is 2.31. The van der Waals surface area contributed by atoms with Crippen LogP contribution in [-0.4, -0.2) is 23.1 Å². The number of aryl methyl sites for hydroxylation is 2. The van der Waals surface area contributed by atoms with Crippen LogP contribution in [-0.2, 0) is 12.8 Å². The van der Waals surface area contributed by atoms with Gasteiger partial charge in [0.2, 0.25) is 0 Å². The van der Waals surface area contributed by atoms with E-state index >= 15 is 0 Å². The van der Waals surface area contributed by atoms with E-state index in [1.165, 1.54) is 73.1 Å². The van der Waals surface area contributed by atoms with Crippen molar-refractivity contribution >= 4 is 16.7 Å². The van der Waals surface area contributed by atoms with Gasteiger partial charge in [0.15, 0.2) is 0 Å². The molecule has 1 atom stereocenters. The number of hydrogen-bond donors (Lipinski definition) is 1. The fourth-order valence-electron chi connectivity index (χ4n) is 4.47. The zero-order chi connectivity index (χ0) is 15.8. The van der Waals surface area contributed by atoms with Gasteiger partial charge >= 0.3 is 0 Å². The fraction of sp³-hybridized carbons (Fsp3) is 0.650. The number of benzene rings is 1. The van der Waals surface area contributed by atoms with Crippen LogP contribution in [0, 0.1) is 5.92 Å². The molecule has 23 heavy (non-hydrogen) atoms. The van der Waals surface area contributed by atoms with Crippen molar-refractivity contribution in [3.05, 3.63) is 23.5 Å². The standard InChI is InChI=1S/C20H29N3/c1-14-8-10-16-18(23(14)2)12-11-17-20(16)22-19(21-17)13-9-15-6-4-3-5-7-15/h11-12,14-15H,3-10,13H2,1-2H3,(H,21,22)/t14-/m0/s1. The highest BCUT2D eigenvalue weighted by Gasteiger charge is 2.23. The number of nitrogens with zero attached hydrogens (tertiary/aromatic N) is 2. The Labute approximate surface area is 139 Å². The molecule has 3 heteroatoms. The lowest BCUT2D eigenvalue weighted by Crippen LogP contribution is -2.33. The minimum Gasteiger partial charge on any atom is -0.372 e. The van der Waals surface area contributed by atoms with Gasteiger partial charge in [-0.2, -0.15) is 0 Å². The van der Waals surface area contributed by atoms with Gasteiger partial charge in [-0.15, -0.1) is 0 Å². The van der Waals surface area contributed by atoms with Crippen LogP contribution >= 0.6 is 0 Å². The van der Waals surface area contributed by atoms with E-state index in [1.54, 1.807) is 0 Å². The van der Waals surface area contributed by atoms with E-state index in [9.17, 15) is 0 Å². The zero-order valence-electron chi connectivity index (χ0n) is 14.6. The van der Waals surface area contributed by atoms with Gasteiger partial charge in [0.05, 0.1) is 11.0 Å². The Hall–Kier alpha value is -1.51. The largest absolute Gasteiger partial charge is 0.372 e. The monoisotopic (exact) mass is 311 g/mol. The van der Waals surface area contributed by atoms with Crippen molar-refractivity contribution in [3.8, 4) is 0 Å². The summed E-state index contributed by atoms with van der Waals surface area (Å²) in [6, 6.07) is 5.13. The molecule has 4 rings (SSSR count). The van der Waals surface area contributed by atoms with Crippen LogP contribution in [0.15, 0.2) is 12.1 Å². The molecule has 1 aromatic heterocycles. The van der Waals surface area contributed by atoms with Crippen LogP contribution in [0.2, 0.25) is 0 Å². The Balaban J connectivity index is 1.56. The minimum absolute atomic E-state index is 0.629. The Bertz CT molecular complexity index is 681. The quantitative estimate of drug-likeness (QED) is 0.879. The molecule has 124 valence electrons. The van der Waals surface area contributed by atoms with Gasteiger partial charge in [-0.1, -0.05) is 32.1 Å². The molecule has 0 saturated heterocycles. The van der Waals surface area contributed by atoms with Crippen LogP contribution in [0.25, 0.3) is 11.0 Å². The number of fused-ring (bicyclic) bond motifs is 3. The normalized spacial score (nSPS) is 22.5. The van der Waals surface area contributed by atoms with Gasteiger partial charge in [0.1, 0.15) is 5.82 Å². The molecular formula is C20H29N3. The first-order valence-electron chi connectivity index (χ1n) is 9.45. The zero-order valence-corrected chi connectivity index (χ0v) is 14.6. The average Bonchev–Trinajstić information content (AvgIpc) is 3.00. The van der Waals surface area contributed by atoms with Crippen molar-refractivity contribution in [2.75, 3.05) is 11.9 Å². The Kier molecular flexibility index (Phi) is 4.04. The lowest BCUT2D eigenvalue weighted by molar-refractivity contribution is 0.337. The fourth-order valence-corrected chi connectivity index (χ4v) is 4.47. The van der Waals surface area contributed by atoms with E-state index in [-0.39, 0.29) is 0 Å². The van der Waals surface area contributed by atoms with Gasteiger partial charge < -0.3 is 9.88 Å². The molecule has 2 aliphatic rings. The first kappa shape index (κ1) is 15.0. The van der Waals surface area contributed by atoms with Crippen LogP contribution < -0.4 is 4.90 Å². The maximum atomic E-state index is 4.99. The molecule has 2 heterocycles.